The van der Waals surface area contributed by atoms with Crippen molar-refractivity contribution in [2.24, 2.45) is 5.73 Å². The number of para-hydroxylation sites is 1. The number of nitrogens with zero attached hydrogens (tertiary/aromatic N) is 2. The Balaban J connectivity index is 1.89. The first-order chi connectivity index (χ1) is 10.2. The van der Waals surface area contributed by atoms with E-state index in [9.17, 15) is 9.90 Å². The van der Waals surface area contributed by atoms with Crippen LogP contribution in [0.2, 0.25) is 0 Å². The Morgan fingerprint density at radius 1 is 1.24 bits per heavy atom. The number of fused-ring (bicyclic) bond motifs is 1. The maximum absolute atomic E-state index is 12.3. The third-order valence-electron chi connectivity index (χ3n) is 4.04. The summed E-state index contributed by atoms with van der Waals surface area (Å²) in [5.41, 5.74) is 7.44. The van der Waals surface area contributed by atoms with Crippen LogP contribution in [-0.2, 0) is 4.79 Å². The summed E-state index contributed by atoms with van der Waals surface area (Å²) in [6.07, 6.45) is 2.62. The van der Waals surface area contributed by atoms with Crippen molar-refractivity contribution in [3.05, 3.63) is 42.1 Å². The number of aliphatic hydroxyl groups excluding tert-OH is 1. The normalized spacial score (nSPS) is 17.9. The molecule has 1 amide bonds. The maximum atomic E-state index is 12.3. The minimum Gasteiger partial charge on any atom is -0.386 e. The van der Waals surface area contributed by atoms with Gasteiger partial charge in [0.1, 0.15) is 12.1 Å². The van der Waals surface area contributed by atoms with Crippen molar-refractivity contribution in [2.75, 3.05) is 13.1 Å². The molecule has 1 aromatic heterocycles. The number of aromatic nitrogens is 1. The quantitative estimate of drug-likeness (QED) is 0.888. The van der Waals surface area contributed by atoms with Crippen molar-refractivity contribution in [3.8, 4) is 0 Å². The number of likely N-dealkylation sites (tertiary alicyclic amines) is 1. The zero-order valence-electron chi connectivity index (χ0n) is 11.8. The van der Waals surface area contributed by atoms with Crippen LogP contribution in [-0.4, -0.2) is 40.0 Å². The van der Waals surface area contributed by atoms with Gasteiger partial charge >= 0.3 is 0 Å². The van der Waals surface area contributed by atoms with Gasteiger partial charge in [0, 0.05) is 24.7 Å². The molecule has 0 bridgehead atoms. The molecule has 5 nitrogen and oxygen atoms in total. The summed E-state index contributed by atoms with van der Waals surface area (Å²) in [5, 5.41) is 11.3. The molecule has 0 unspecified atom stereocenters. The predicted molar refractivity (Wildman–Crippen MR) is 80.5 cm³/mol. The van der Waals surface area contributed by atoms with Gasteiger partial charge in [0.15, 0.2) is 0 Å². The van der Waals surface area contributed by atoms with E-state index in [1.165, 1.54) is 0 Å². The smallest absolute Gasteiger partial charge is 0.242 e. The summed E-state index contributed by atoms with van der Waals surface area (Å²) in [5.74, 6) is -0.180. The molecule has 5 heteroatoms. The molecule has 1 aliphatic heterocycles. The number of pyridine rings is 1. The van der Waals surface area contributed by atoms with Crippen molar-refractivity contribution >= 4 is 16.8 Å². The first-order valence-electron chi connectivity index (χ1n) is 7.24. The van der Waals surface area contributed by atoms with Gasteiger partial charge < -0.3 is 15.7 Å². The second-order valence-corrected chi connectivity index (χ2v) is 5.42. The second kappa shape index (κ2) is 5.79. The fourth-order valence-corrected chi connectivity index (χ4v) is 2.85. The highest BCUT2D eigenvalue weighted by molar-refractivity contribution is 5.86. The second-order valence-electron chi connectivity index (χ2n) is 5.42. The van der Waals surface area contributed by atoms with Crippen molar-refractivity contribution in [3.63, 3.8) is 0 Å². The monoisotopic (exact) mass is 285 g/mol. The number of rotatable bonds is 3. The first-order valence-corrected chi connectivity index (χ1v) is 7.24. The zero-order chi connectivity index (χ0) is 14.8. The predicted octanol–water partition coefficient (Wildman–Crippen LogP) is 1.22. The summed E-state index contributed by atoms with van der Waals surface area (Å²) < 4.78 is 0. The lowest BCUT2D eigenvalue weighted by atomic mass is 9.98. The third-order valence-corrected chi connectivity index (χ3v) is 4.04. The molecule has 21 heavy (non-hydrogen) atoms. The summed E-state index contributed by atoms with van der Waals surface area (Å²) in [6, 6.07) is 8.32. The Labute approximate surface area is 123 Å². The molecule has 1 aromatic carbocycles. The lowest BCUT2D eigenvalue weighted by Crippen LogP contribution is -2.45. The molecule has 110 valence electrons. The van der Waals surface area contributed by atoms with Gasteiger partial charge in [-0.1, -0.05) is 18.2 Å². The van der Waals surface area contributed by atoms with Crippen LogP contribution in [0.1, 0.15) is 24.5 Å². The summed E-state index contributed by atoms with van der Waals surface area (Å²) >= 11 is 0. The summed E-state index contributed by atoms with van der Waals surface area (Å²) in [7, 11) is 0. The van der Waals surface area contributed by atoms with Crippen LogP contribution in [0.25, 0.3) is 10.9 Å². The minimum absolute atomic E-state index is 0.180. The van der Waals surface area contributed by atoms with Crippen molar-refractivity contribution in [1.82, 2.24) is 9.88 Å². The third kappa shape index (κ3) is 2.62. The summed E-state index contributed by atoms with van der Waals surface area (Å²) in [4.78, 5) is 18.3. The largest absolute Gasteiger partial charge is 0.386 e. The maximum Gasteiger partial charge on any atom is 0.242 e. The first kappa shape index (κ1) is 14.0. The van der Waals surface area contributed by atoms with Crippen LogP contribution >= 0.6 is 0 Å². The van der Waals surface area contributed by atoms with E-state index in [-0.39, 0.29) is 5.91 Å². The Morgan fingerprint density at radius 2 is 1.95 bits per heavy atom. The minimum atomic E-state index is -1.02. The molecule has 1 aliphatic rings. The number of carbonyl (C=O) groups is 1. The lowest BCUT2D eigenvalue weighted by Gasteiger charge is -2.24. The van der Waals surface area contributed by atoms with Gasteiger partial charge in [-0.15, -0.1) is 0 Å². The van der Waals surface area contributed by atoms with Gasteiger partial charge in [-0.05, 0) is 30.5 Å². The van der Waals surface area contributed by atoms with E-state index in [1.807, 2.05) is 24.3 Å². The highest BCUT2D eigenvalue weighted by Crippen LogP contribution is 2.25. The lowest BCUT2D eigenvalue weighted by molar-refractivity contribution is -0.134. The molecular weight excluding hydrogens is 266 g/mol. The molecule has 1 fully saturated rings. The molecule has 2 atom stereocenters. The average Bonchev–Trinajstić information content (AvgIpc) is 3.06. The number of nitrogens with two attached hydrogens (primary N) is 1. The van der Waals surface area contributed by atoms with Crippen LogP contribution in [0.15, 0.2) is 36.5 Å². The highest BCUT2D eigenvalue weighted by atomic mass is 16.3. The zero-order valence-corrected chi connectivity index (χ0v) is 11.8. The molecule has 0 radical (unpaired) electrons. The molecule has 3 N–H and O–H groups in total. The van der Waals surface area contributed by atoms with E-state index in [2.05, 4.69) is 4.98 Å². The Morgan fingerprint density at radius 3 is 2.71 bits per heavy atom. The number of hydrogen-bond donors (Lipinski definition) is 2. The molecule has 0 saturated carbocycles. The molecule has 0 aliphatic carbocycles. The number of benzene rings is 1. The molecule has 2 heterocycles. The molecular formula is C16H19N3O2. The van der Waals surface area contributed by atoms with E-state index < -0.39 is 12.1 Å². The average molecular weight is 285 g/mol. The van der Waals surface area contributed by atoms with Crippen LogP contribution in [0, 0.1) is 0 Å². The van der Waals surface area contributed by atoms with Crippen LogP contribution in [0.4, 0.5) is 0 Å². The van der Waals surface area contributed by atoms with Gasteiger partial charge in [0.05, 0.1) is 5.52 Å². The van der Waals surface area contributed by atoms with Crippen molar-refractivity contribution in [1.29, 1.82) is 0 Å². The van der Waals surface area contributed by atoms with Crippen LogP contribution in [0.5, 0.6) is 0 Å². The number of amides is 1. The van der Waals surface area contributed by atoms with Gasteiger partial charge in [0.25, 0.3) is 0 Å². The van der Waals surface area contributed by atoms with Crippen molar-refractivity contribution < 1.29 is 9.90 Å². The van der Waals surface area contributed by atoms with Gasteiger partial charge in [-0.3, -0.25) is 9.78 Å². The Kier molecular flexibility index (Phi) is 3.86. The van der Waals surface area contributed by atoms with E-state index in [0.29, 0.717) is 5.56 Å². The molecule has 2 aromatic rings. The topological polar surface area (TPSA) is 79.5 Å². The fraction of sp³-hybridized carbons (Fsp3) is 0.375. The van der Waals surface area contributed by atoms with E-state index in [1.54, 1.807) is 17.2 Å². The van der Waals surface area contributed by atoms with E-state index >= 15 is 0 Å². The SMILES string of the molecule is N[C@H](C(=O)N1CCCC1)[C@H](O)c1ccnc2ccccc12. The molecule has 3 rings (SSSR count). The van der Waals surface area contributed by atoms with Crippen LogP contribution < -0.4 is 5.73 Å². The molecule has 0 spiro atoms. The van der Waals surface area contributed by atoms with Crippen molar-refractivity contribution in [2.45, 2.75) is 25.0 Å². The number of aliphatic hydroxyl groups is 1. The van der Waals surface area contributed by atoms with Crippen LogP contribution in [0.3, 0.4) is 0 Å². The summed E-state index contributed by atoms with van der Waals surface area (Å²) in [6.45, 7) is 1.46. The highest BCUT2D eigenvalue weighted by Gasteiger charge is 2.30. The van der Waals surface area contributed by atoms with Gasteiger partial charge in [0.2, 0.25) is 5.91 Å². The van der Waals surface area contributed by atoms with Gasteiger partial charge in [-0.2, -0.15) is 0 Å². The van der Waals surface area contributed by atoms with Gasteiger partial charge in [-0.25, -0.2) is 0 Å². The Hall–Kier alpha value is -1.98. The van der Waals surface area contributed by atoms with E-state index in [4.69, 9.17) is 5.73 Å². The number of hydrogen-bond acceptors (Lipinski definition) is 4. The fourth-order valence-electron chi connectivity index (χ4n) is 2.85. The standard InChI is InChI=1S/C16H19N3O2/c17-14(16(21)19-9-3-4-10-19)15(20)12-7-8-18-13-6-2-1-5-11(12)13/h1-2,5-8,14-15,20H,3-4,9-10,17H2/t14-,15+/m0/s1. The molecule has 1 saturated heterocycles. The van der Waals surface area contributed by atoms with E-state index in [0.717, 1.165) is 36.8 Å². The number of carbonyl (C=O) groups excluding carboxylic acids is 1. The Bertz CT molecular complexity index is 648.